The van der Waals surface area contributed by atoms with Gasteiger partial charge in [-0.2, -0.15) is 13.2 Å². The van der Waals surface area contributed by atoms with Gasteiger partial charge in [-0.25, -0.2) is 0 Å². The van der Waals surface area contributed by atoms with E-state index in [9.17, 15) is 22.8 Å². The number of rotatable bonds is 4. The lowest BCUT2D eigenvalue weighted by Gasteiger charge is -2.35. The number of halogens is 3. The largest absolute Gasteiger partial charge is 0.497 e. The van der Waals surface area contributed by atoms with E-state index in [1.54, 1.807) is 18.2 Å². The Balaban J connectivity index is 2.01. The molecule has 0 radical (unpaired) electrons. The summed E-state index contributed by atoms with van der Waals surface area (Å²) in [6.45, 7) is 0.480. The second-order valence-corrected chi connectivity index (χ2v) is 5.57. The zero-order valence-corrected chi connectivity index (χ0v) is 13.9. The van der Waals surface area contributed by atoms with Crippen molar-refractivity contribution < 1.29 is 32.2 Å². The van der Waals surface area contributed by atoms with Gasteiger partial charge in [0, 0.05) is 37.8 Å². The number of alkyl halides is 3. The van der Waals surface area contributed by atoms with Gasteiger partial charge in [0.1, 0.15) is 17.9 Å². The molecular formula is C16H19F3N2O4. The summed E-state index contributed by atoms with van der Waals surface area (Å²) < 4.78 is 47.1. The van der Waals surface area contributed by atoms with Crippen molar-refractivity contribution in [2.45, 2.75) is 12.6 Å². The summed E-state index contributed by atoms with van der Waals surface area (Å²) in [6.07, 6.45) is -6.00. The monoisotopic (exact) mass is 360 g/mol. The number of carbonyl (C=O) groups is 2. The molecule has 1 fully saturated rings. The van der Waals surface area contributed by atoms with Gasteiger partial charge in [0.2, 0.25) is 5.91 Å². The molecule has 0 saturated carbocycles. The van der Waals surface area contributed by atoms with Crippen LogP contribution in [-0.4, -0.2) is 68.2 Å². The van der Waals surface area contributed by atoms with Crippen LogP contribution >= 0.6 is 0 Å². The quantitative estimate of drug-likeness (QED) is 0.824. The average molecular weight is 360 g/mol. The Morgan fingerprint density at radius 1 is 0.960 bits per heavy atom. The summed E-state index contributed by atoms with van der Waals surface area (Å²) in [5.41, 5.74) is 0.353. The molecule has 2 amide bonds. The van der Waals surface area contributed by atoms with E-state index in [0.717, 1.165) is 4.90 Å². The first-order valence-electron chi connectivity index (χ1n) is 7.60. The third-order valence-corrected chi connectivity index (χ3v) is 3.87. The lowest BCUT2D eigenvalue weighted by atomic mass is 10.1. The molecule has 6 nitrogen and oxygen atoms in total. The summed E-state index contributed by atoms with van der Waals surface area (Å²) in [7, 11) is 2.93. The van der Waals surface area contributed by atoms with E-state index >= 15 is 0 Å². The molecule has 1 aliphatic rings. The van der Waals surface area contributed by atoms with Crippen molar-refractivity contribution in [3.63, 3.8) is 0 Å². The third-order valence-electron chi connectivity index (χ3n) is 3.87. The number of hydrogen-bond donors (Lipinski definition) is 0. The Hall–Kier alpha value is -2.45. The predicted molar refractivity (Wildman–Crippen MR) is 82.7 cm³/mol. The summed E-state index contributed by atoms with van der Waals surface area (Å²) in [6, 6.07) is 4.75. The lowest BCUT2D eigenvalue weighted by Crippen LogP contribution is -2.51. The van der Waals surface area contributed by atoms with Crippen molar-refractivity contribution in [3.8, 4) is 11.5 Å². The highest BCUT2D eigenvalue weighted by Crippen LogP contribution is 2.24. The molecule has 0 N–H and O–H groups in total. The lowest BCUT2D eigenvalue weighted by molar-refractivity contribution is -0.162. The number of ether oxygens (including phenoxy) is 2. The van der Waals surface area contributed by atoms with Crippen molar-refractivity contribution in [3.05, 3.63) is 23.8 Å². The van der Waals surface area contributed by atoms with Crippen LogP contribution in [0.15, 0.2) is 18.2 Å². The van der Waals surface area contributed by atoms with Crippen LogP contribution in [0.4, 0.5) is 13.2 Å². The van der Waals surface area contributed by atoms with Crippen LogP contribution in [0.25, 0.3) is 0 Å². The van der Waals surface area contributed by atoms with Crippen molar-refractivity contribution in [2.24, 2.45) is 0 Å². The molecule has 1 heterocycles. The molecule has 0 atom stereocenters. The minimum atomic E-state index is -4.53. The predicted octanol–water partition coefficient (Wildman–Crippen LogP) is 1.94. The van der Waals surface area contributed by atoms with Crippen molar-refractivity contribution in [2.75, 3.05) is 40.4 Å². The van der Waals surface area contributed by atoms with Gasteiger partial charge in [0.15, 0.2) is 0 Å². The molecule has 2 rings (SSSR count). The first-order chi connectivity index (χ1) is 11.7. The number of methoxy groups -OCH3 is 2. The van der Waals surface area contributed by atoms with Gasteiger partial charge in [-0.1, -0.05) is 0 Å². The highest BCUT2D eigenvalue weighted by atomic mass is 19.4. The van der Waals surface area contributed by atoms with Crippen LogP contribution in [0.2, 0.25) is 0 Å². The standard InChI is InChI=1S/C16H19F3N2O4/c1-24-12-7-11(8-13(9-12)25-2)15(23)21-5-3-20(4-6-21)14(22)10-16(17,18)19/h7-9H,3-6,10H2,1-2H3. The normalized spacial score (nSPS) is 15.1. The van der Waals surface area contributed by atoms with Gasteiger partial charge in [-0.05, 0) is 12.1 Å². The minimum Gasteiger partial charge on any atom is -0.497 e. The third kappa shape index (κ3) is 5.01. The maximum atomic E-state index is 12.6. The van der Waals surface area contributed by atoms with Crippen molar-refractivity contribution in [1.82, 2.24) is 9.80 Å². The minimum absolute atomic E-state index is 0.0712. The maximum absolute atomic E-state index is 12.6. The van der Waals surface area contributed by atoms with E-state index in [4.69, 9.17) is 9.47 Å². The second kappa shape index (κ2) is 7.62. The second-order valence-electron chi connectivity index (χ2n) is 5.57. The fraction of sp³-hybridized carbons (Fsp3) is 0.500. The van der Waals surface area contributed by atoms with Gasteiger partial charge < -0.3 is 19.3 Å². The van der Waals surface area contributed by atoms with Gasteiger partial charge in [0.05, 0.1) is 14.2 Å². The van der Waals surface area contributed by atoms with Crippen molar-refractivity contribution in [1.29, 1.82) is 0 Å². The fourth-order valence-corrected chi connectivity index (χ4v) is 2.56. The van der Waals surface area contributed by atoms with Crippen LogP contribution in [0.1, 0.15) is 16.8 Å². The highest BCUT2D eigenvalue weighted by Gasteiger charge is 2.35. The zero-order valence-electron chi connectivity index (χ0n) is 13.9. The molecule has 0 unspecified atom stereocenters. The molecule has 25 heavy (non-hydrogen) atoms. The topological polar surface area (TPSA) is 59.1 Å². The van der Waals surface area contributed by atoms with Crippen LogP contribution < -0.4 is 9.47 Å². The molecule has 1 aromatic rings. The summed E-state index contributed by atoms with van der Waals surface area (Å²) in [4.78, 5) is 26.8. The molecule has 138 valence electrons. The first kappa shape index (κ1) is 18.9. The Labute approximate surface area is 143 Å². The first-order valence-corrected chi connectivity index (χ1v) is 7.60. The van der Waals surface area contributed by atoms with Crippen molar-refractivity contribution >= 4 is 11.8 Å². The Kier molecular flexibility index (Phi) is 5.76. The van der Waals surface area contributed by atoms with E-state index in [1.165, 1.54) is 19.1 Å². The number of nitrogens with zero attached hydrogens (tertiary/aromatic N) is 2. The smallest absolute Gasteiger partial charge is 0.397 e. The van der Waals surface area contributed by atoms with E-state index < -0.39 is 18.5 Å². The number of amides is 2. The summed E-state index contributed by atoms with van der Waals surface area (Å²) in [5.74, 6) is -0.342. The molecular weight excluding hydrogens is 341 g/mol. The molecule has 0 spiro atoms. The fourth-order valence-electron chi connectivity index (χ4n) is 2.56. The molecule has 1 aliphatic heterocycles. The maximum Gasteiger partial charge on any atom is 0.397 e. The molecule has 0 aliphatic carbocycles. The summed E-state index contributed by atoms with van der Waals surface area (Å²) >= 11 is 0. The van der Waals surface area contributed by atoms with Crippen LogP contribution in [0.3, 0.4) is 0 Å². The van der Waals surface area contributed by atoms with Gasteiger partial charge in [-0.3, -0.25) is 9.59 Å². The summed E-state index contributed by atoms with van der Waals surface area (Å²) in [5, 5.41) is 0. The number of carbonyl (C=O) groups excluding carboxylic acids is 2. The Bertz CT molecular complexity index is 619. The van der Waals surface area contributed by atoms with Gasteiger partial charge >= 0.3 is 6.18 Å². The van der Waals surface area contributed by atoms with E-state index in [-0.39, 0.29) is 32.1 Å². The van der Waals surface area contributed by atoms with Crippen LogP contribution in [-0.2, 0) is 4.79 Å². The molecule has 9 heteroatoms. The number of hydrogen-bond acceptors (Lipinski definition) is 4. The van der Waals surface area contributed by atoms with Gasteiger partial charge in [0.25, 0.3) is 5.91 Å². The number of benzene rings is 1. The van der Waals surface area contributed by atoms with Crippen LogP contribution in [0, 0.1) is 0 Å². The molecule has 1 saturated heterocycles. The zero-order chi connectivity index (χ0) is 18.6. The number of piperazine rings is 1. The van der Waals surface area contributed by atoms with Gasteiger partial charge in [-0.15, -0.1) is 0 Å². The van der Waals surface area contributed by atoms with E-state index in [0.29, 0.717) is 17.1 Å². The Morgan fingerprint density at radius 3 is 1.88 bits per heavy atom. The molecule has 1 aromatic carbocycles. The Morgan fingerprint density at radius 2 is 1.44 bits per heavy atom. The van der Waals surface area contributed by atoms with E-state index in [1.807, 2.05) is 0 Å². The SMILES string of the molecule is COc1cc(OC)cc(C(=O)N2CCN(C(=O)CC(F)(F)F)CC2)c1. The highest BCUT2D eigenvalue weighted by molar-refractivity contribution is 5.95. The van der Waals surface area contributed by atoms with E-state index in [2.05, 4.69) is 0 Å². The molecule has 0 bridgehead atoms. The molecule has 0 aromatic heterocycles. The average Bonchev–Trinajstić information content (AvgIpc) is 2.59. The van der Waals surface area contributed by atoms with Crippen LogP contribution in [0.5, 0.6) is 11.5 Å².